The molecule has 0 aliphatic carbocycles. The third kappa shape index (κ3) is 2.42. The van der Waals surface area contributed by atoms with Gasteiger partial charge in [-0.05, 0) is 19.4 Å². The molecule has 0 aliphatic heterocycles. The Morgan fingerprint density at radius 2 is 2.00 bits per heavy atom. The summed E-state index contributed by atoms with van der Waals surface area (Å²) < 4.78 is 2.15. The van der Waals surface area contributed by atoms with E-state index in [9.17, 15) is 0 Å². The molecule has 3 heteroatoms. The number of nitrogens with zero attached hydrogens (tertiary/aromatic N) is 2. The summed E-state index contributed by atoms with van der Waals surface area (Å²) in [5.74, 6) is 0.948. The highest BCUT2D eigenvalue weighted by atomic mass is 15.2. The lowest BCUT2D eigenvalue weighted by Gasteiger charge is -2.08. The molecule has 0 spiro atoms. The maximum absolute atomic E-state index is 4.45. The van der Waals surface area contributed by atoms with Crippen molar-refractivity contribution < 1.29 is 0 Å². The van der Waals surface area contributed by atoms with E-state index in [1.807, 2.05) is 13.0 Å². The Morgan fingerprint density at radius 1 is 1.25 bits per heavy atom. The Morgan fingerprint density at radius 3 is 2.69 bits per heavy atom. The van der Waals surface area contributed by atoms with Crippen molar-refractivity contribution in [1.82, 2.24) is 9.55 Å². The second kappa shape index (κ2) is 4.84. The lowest BCUT2D eigenvalue weighted by molar-refractivity contribution is 0.799. The molecular formula is C13H17N3. The lowest BCUT2D eigenvalue weighted by Crippen LogP contribution is -2.07. The Balaban J connectivity index is 2.20. The highest BCUT2D eigenvalue weighted by Crippen LogP contribution is 2.11. The number of anilines is 1. The van der Waals surface area contributed by atoms with Crippen LogP contribution in [0.25, 0.3) is 0 Å². The quantitative estimate of drug-likeness (QED) is 0.849. The maximum Gasteiger partial charge on any atom is 0.203 e. The average Bonchev–Trinajstić information content (AvgIpc) is 2.61. The number of nitrogens with one attached hydrogen (secondary N) is 1. The minimum Gasteiger partial charge on any atom is -0.356 e. The summed E-state index contributed by atoms with van der Waals surface area (Å²) in [6, 6.07) is 10.4. The van der Waals surface area contributed by atoms with E-state index in [-0.39, 0.29) is 0 Å². The fraction of sp³-hybridized carbons (Fsp3) is 0.308. The first-order valence-electron chi connectivity index (χ1n) is 5.61. The fourth-order valence-electron chi connectivity index (χ4n) is 1.75. The third-order valence-corrected chi connectivity index (χ3v) is 2.43. The molecule has 2 rings (SSSR count). The molecular weight excluding hydrogens is 198 g/mol. The van der Waals surface area contributed by atoms with Gasteiger partial charge >= 0.3 is 0 Å². The molecule has 0 fully saturated rings. The third-order valence-electron chi connectivity index (χ3n) is 2.43. The smallest absolute Gasteiger partial charge is 0.203 e. The van der Waals surface area contributed by atoms with Crippen LogP contribution in [0.4, 0.5) is 5.95 Å². The molecule has 1 aromatic carbocycles. The van der Waals surface area contributed by atoms with Crippen LogP contribution in [-0.2, 0) is 6.54 Å². The molecule has 2 aromatic rings. The van der Waals surface area contributed by atoms with Crippen molar-refractivity contribution in [3.05, 3.63) is 47.8 Å². The van der Waals surface area contributed by atoms with Gasteiger partial charge in [0.25, 0.3) is 0 Å². The molecule has 1 heterocycles. The average molecular weight is 215 g/mol. The number of benzene rings is 1. The van der Waals surface area contributed by atoms with Gasteiger partial charge in [-0.15, -0.1) is 0 Å². The Hall–Kier alpha value is -1.77. The topological polar surface area (TPSA) is 29.9 Å². The van der Waals surface area contributed by atoms with Gasteiger partial charge in [-0.2, -0.15) is 0 Å². The molecule has 0 unspecified atom stereocenters. The zero-order valence-electron chi connectivity index (χ0n) is 9.77. The number of aromatic nitrogens is 2. The molecule has 0 amide bonds. The van der Waals surface area contributed by atoms with Crippen molar-refractivity contribution >= 4 is 5.95 Å². The summed E-state index contributed by atoms with van der Waals surface area (Å²) >= 11 is 0. The number of rotatable bonds is 4. The Labute approximate surface area is 96.1 Å². The van der Waals surface area contributed by atoms with E-state index in [0.29, 0.717) is 0 Å². The highest BCUT2D eigenvalue weighted by Gasteiger charge is 2.04. The first-order valence-corrected chi connectivity index (χ1v) is 5.61. The van der Waals surface area contributed by atoms with Crippen molar-refractivity contribution in [3.8, 4) is 0 Å². The van der Waals surface area contributed by atoms with Crippen molar-refractivity contribution in [2.75, 3.05) is 11.9 Å². The van der Waals surface area contributed by atoms with Gasteiger partial charge in [-0.1, -0.05) is 30.3 Å². The summed E-state index contributed by atoms with van der Waals surface area (Å²) in [4.78, 5) is 4.45. The van der Waals surface area contributed by atoms with E-state index in [2.05, 4.69) is 52.3 Å². The summed E-state index contributed by atoms with van der Waals surface area (Å²) in [7, 11) is 0. The number of aryl methyl sites for hydroxylation is 1. The molecule has 84 valence electrons. The fourth-order valence-corrected chi connectivity index (χ4v) is 1.75. The van der Waals surface area contributed by atoms with E-state index >= 15 is 0 Å². The van der Waals surface area contributed by atoms with Crippen LogP contribution in [0.15, 0.2) is 36.5 Å². The number of hydrogen-bond donors (Lipinski definition) is 1. The molecule has 3 nitrogen and oxygen atoms in total. The van der Waals surface area contributed by atoms with Crippen molar-refractivity contribution in [2.45, 2.75) is 20.4 Å². The molecule has 1 N–H and O–H groups in total. The maximum atomic E-state index is 4.45. The molecule has 0 radical (unpaired) electrons. The first-order chi connectivity index (χ1) is 7.79. The van der Waals surface area contributed by atoms with Crippen LogP contribution in [0.5, 0.6) is 0 Å². The van der Waals surface area contributed by atoms with Gasteiger partial charge in [-0.25, -0.2) is 4.98 Å². The van der Waals surface area contributed by atoms with Crippen LogP contribution in [0.3, 0.4) is 0 Å². The SMILES string of the molecule is CCNc1nc(C)cn1Cc1ccccc1. The molecule has 1 aromatic heterocycles. The molecule has 0 atom stereocenters. The van der Waals surface area contributed by atoms with E-state index in [1.54, 1.807) is 0 Å². The Kier molecular flexibility index (Phi) is 3.25. The minimum absolute atomic E-state index is 0.865. The van der Waals surface area contributed by atoms with Crippen molar-refractivity contribution in [3.63, 3.8) is 0 Å². The van der Waals surface area contributed by atoms with Crippen molar-refractivity contribution in [2.24, 2.45) is 0 Å². The van der Waals surface area contributed by atoms with E-state index in [1.165, 1.54) is 5.56 Å². The number of imidazole rings is 1. The normalized spacial score (nSPS) is 10.4. The Bertz CT molecular complexity index is 445. The van der Waals surface area contributed by atoms with Gasteiger partial charge in [0.15, 0.2) is 0 Å². The van der Waals surface area contributed by atoms with Crippen LogP contribution in [-0.4, -0.2) is 16.1 Å². The number of hydrogen-bond acceptors (Lipinski definition) is 2. The van der Waals surface area contributed by atoms with Crippen LogP contribution in [0.2, 0.25) is 0 Å². The molecule has 0 bridgehead atoms. The monoisotopic (exact) mass is 215 g/mol. The van der Waals surface area contributed by atoms with E-state index in [0.717, 1.165) is 24.7 Å². The summed E-state index contributed by atoms with van der Waals surface area (Å²) in [6.07, 6.45) is 2.07. The first kappa shape index (κ1) is 10.7. The molecule has 0 aliphatic rings. The van der Waals surface area contributed by atoms with Crippen LogP contribution < -0.4 is 5.32 Å². The van der Waals surface area contributed by atoms with Crippen LogP contribution in [0, 0.1) is 6.92 Å². The predicted molar refractivity (Wildman–Crippen MR) is 66.7 cm³/mol. The van der Waals surface area contributed by atoms with Crippen LogP contribution in [0.1, 0.15) is 18.2 Å². The van der Waals surface area contributed by atoms with E-state index < -0.39 is 0 Å². The minimum atomic E-state index is 0.865. The highest BCUT2D eigenvalue weighted by molar-refractivity contribution is 5.30. The molecule has 0 saturated carbocycles. The van der Waals surface area contributed by atoms with Gasteiger partial charge in [0, 0.05) is 12.7 Å². The zero-order chi connectivity index (χ0) is 11.4. The van der Waals surface area contributed by atoms with E-state index in [4.69, 9.17) is 0 Å². The standard InChI is InChI=1S/C13H17N3/c1-3-14-13-15-11(2)9-16(13)10-12-7-5-4-6-8-12/h4-9H,3,10H2,1-2H3,(H,14,15). The second-order valence-corrected chi connectivity index (χ2v) is 3.85. The second-order valence-electron chi connectivity index (χ2n) is 3.85. The predicted octanol–water partition coefficient (Wildman–Crippen LogP) is 2.67. The lowest BCUT2D eigenvalue weighted by atomic mass is 10.2. The summed E-state index contributed by atoms with van der Waals surface area (Å²) in [5.41, 5.74) is 2.34. The van der Waals surface area contributed by atoms with Gasteiger partial charge < -0.3 is 9.88 Å². The zero-order valence-corrected chi connectivity index (χ0v) is 9.77. The summed E-state index contributed by atoms with van der Waals surface area (Å²) in [6.45, 7) is 5.86. The largest absolute Gasteiger partial charge is 0.356 e. The molecule has 16 heavy (non-hydrogen) atoms. The van der Waals surface area contributed by atoms with Gasteiger partial charge in [0.2, 0.25) is 5.95 Å². The molecule has 0 saturated heterocycles. The van der Waals surface area contributed by atoms with Crippen LogP contribution >= 0.6 is 0 Å². The van der Waals surface area contributed by atoms with Gasteiger partial charge in [-0.3, -0.25) is 0 Å². The summed E-state index contributed by atoms with van der Waals surface area (Å²) in [5, 5.41) is 3.27. The van der Waals surface area contributed by atoms with Gasteiger partial charge in [0.05, 0.1) is 12.2 Å². The van der Waals surface area contributed by atoms with Crippen molar-refractivity contribution in [1.29, 1.82) is 0 Å². The van der Waals surface area contributed by atoms with Gasteiger partial charge in [0.1, 0.15) is 0 Å².